The Labute approximate surface area is 177 Å². The first-order valence-electron chi connectivity index (χ1n) is 8.13. The minimum absolute atomic E-state index is 0.127. The van der Waals surface area contributed by atoms with Crippen LogP contribution in [0.3, 0.4) is 0 Å². The number of amides is 1. The van der Waals surface area contributed by atoms with Crippen molar-refractivity contribution < 1.29 is 22.6 Å². The molecule has 8 nitrogen and oxygen atoms in total. The van der Waals surface area contributed by atoms with Crippen LogP contribution in [0.25, 0.3) is 0 Å². The number of hydrogen-bond acceptors (Lipinski definition) is 6. The molecule has 0 aliphatic heterocycles. The minimum atomic E-state index is -1.65. The molecular formula is C18H17F2N5O3S2. The summed E-state index contributed by atoms with van der Waals surface area (Å²) >= 11 is 0.612. The van der Waals surface area contributed by atoms with Crippen molar-refractivity contribution >= 4 is 51.0 Å². The summed E-state index contributed by atoms with van der Waals surface area (Å²) < 4.78 is 39.8. The third-order valence-electron chi connectivity index (χ3n) is 3.49. The molecular weight excluding hydrogens is 436 g/mol. The molecule has 0 heterocycles. The number of nitrogens with zero attached hydrogens (tertiary/aromatic N) is 1. The first-order valence-corrected chi connectivity index (χ1v) is 10.2. The van der Waals surface area contributed by atoms with Gasteiger partial charge in [0.25, 0.3) is 0 Å². The summed E-state index contributed by atoms with van der Waals surface area (Å²) in [5.41, 5.74) is 10.6. The lowest BCUT2D eigenvalue weighted by Crippen LogP contribution is -2.15. The Bertz CT molecular complexity index is 1050. The van der Waals surface area contributed by atoms with Gasteiger partial charge in [-0.15, -0.1) is 0 Å². The van der Waals surface area contributed by atoms with Gasteiger partial charge in [0.05, 0.1) is 21.1 Å². The first-order chi connectivity index (χ1) is 14.1. The Morgan fingerprint density at radius 3 is 2.20 bits per heavy atom. The SMILES string of the molecule is CC(=O)Nc1cc(F)c(C(=O)/C(=C\N)SC(N)=Nc2ccc(S(N)=O)cc2)c(F)c1. The van der Waals surface area contributed by atoms with Crippen LogP contribution in [0.4, 0.5) is 20.2 Å². The molecule has 12 heteroatoms. The van der Waals surface area contributed by atoms with Gasteiger partial charge in [-0.1, -0.05) is 0 Å². The van der Waals surface area contributed by atoms with Crippen LogP contribution in [0.5, 0.6) is 0 Å². The molecule has 0 spiro atoms. The molecule has 0 bridgehead atoms. The summed E-state index contributed by atoms with van der Waals surface area (Å²) in [6.07, 6.45) is 0.858. The molecule has 7 N–H and O–H groups in total. The molecule has 0 fully saturated rings. The van der Waals surface area contributed by atoms with Gasteiger partial charge in [-0.25, -0.2) is 23.1 Å². The number of aliphatic imine (C=N–C) groups is 1. The van der Waals surface area contributed by atoms with Gasteiger partial charge in [0.2, 0.25) is 11.7 Å². The van der Waals surface area contributed by atoms with Crippen molar-refractivity contribution in [3.05, 3.63) is 64.7 Å². The highest BCUT2D eigenvalue weighted by molar-refractivity contribution is 8.17. The second kappa shape index (κ2) is 10.1. The number of amidine groups is 1. The number of anilines is 1. The second-order valence-electron chi connectivity index (χ2n) is 5.70. The minimum Gasteiger partial charge on any atom is -0.404 e. The lowest BCUT2D eigenvalue weighted by molar-refractivity contribution is -0.114. The Morgan fingerprint density at radius 2 is 1.73 bits per heavy atom. The molecule has 0 saturated heterocycles. The monoisotopic (exact) mass is 453 g/mol. The van der Waals surface area contributed by atoms with Gasteiger partial charge in [0.1, 0.15) is 22.6 Å². The maximum atomic E-state index is 14.3. The zero-order chi connectivity index (χ0) is 22.4. The molecule has 0 saturated carbocycles. The van der Waals surface area contributed by atoms with E-state index in [2.05, 4.69) is 10.3 Å². The molecule has 1 unspecified atom stereocenters. The third-order valence-corrected chi connectivity index (χ3v) is 5.07. The largest absolute Gasteiger partial charge is 0.404 e. The molecule has 0 aromatic heterocycles. The molecule has 158 valence electrons. The van der Waals surface area contributed by atoms with E-state index >= 15 is 0 Å². The topological polar surface area (TPSA) is 154 Å². The van der Waals surface area contributed by atoms with Crippen molar-refractivity contribution in [1.82, 2.24) is 0 Å². The standard InChI is InChI=1S/C18H17F2N5O3S2/c1-9(26)24-11-6-13(19)16(14(20)7-11)17(27)15(8-21)29-18(22)25-10-2-4-12(5-3-10)30(23)28/h2-8H,21,23H2,1H3,(H2,22,25)(H,24,26)/b15-8+. The van der Waals surface area contributed by atoms with Gasteiger partial charge in [-0.05, 0) is 48.2 Å². The van der Waals surface area contributed by atoms with Crippen LogP contribution in [-0.2, 0) is 15.8 Å². The number of halogens is 2. The molecule has 1 atom stereocenters. The number of rotatable bonds is 6. The number of Topliss-reactive ketones (excluding diaryl/α,β-unsaturated/α-hetero) is 1. The maximum Gasteiger partial charge on any atom is 0.221 e. The first kappa shape index (κ1) is 23.2. The Kier molecular flexibility index (Phi) is 7.80. The van der Waals surface area contributed by atoms with Crippen LogP contribution >= 0.6 is 11.8 Å². The Balaban J connectivity index is 2.24. The molecule has 1 amide bonds. The molecule has 30 heavy (non-hydrogen) atoms. The predicted octanol–water partition coefficient (Wildman–Crippen LogP) is 2.27. The van der Waals surface area contributed by atoms with E-state index in [1.165, 1.54) is 31.2 Å². The summed E-state index contributed by atoms with van der Waals surface area (Å²) in [5.74, 6) is -3.92. The number of thioether (sulfide) groups is 1. The van der Waals surface area contributed by atoms with E-state index in [1.54, 1.807) is 0 Å². The van der Waals surface area contributed by atoms with E-state index in [9.17, 15) is 22.6 Å². The van der Waals surface area contributed by atoms with Crippen LogP contribution in [0.15, 0.2) is 57.4 Å². The van der Waals surface area contributed by atoms with E-state index in [0.717, 1.165) is 18.3 Å². The summed E-state index contributed by atoms with van der Waals surface area (Å²) in [5, 5.41) is 7.36. The van der Waals surface area contributed by atoms with Gasteiger partial charge >= 0.3 is 0 Å². The van der Waals surface area contributed by atoms with Gasteiger partial charge in [-0.3, -0.25) is 9.59 Å². The van der Waals surface area contributed by atoms with E-state index < -0.39 is 39.9 Å². The van der Waals surface area contributed by atoms with Gasteiger partial charge in [0.15, 0.2) is 5.17 Å². The fourth-order valence-corrected chi connectivity index (χ4v) is 3.31. The van der Waals surface area contributed by atoms with Crippen LogP contribution in [-0.4, -0.2) is 21.1 Å². The van der Waals surface area contributed by atoms with Crippen LogP contribution in [0, 0.1) is 11.6 Å². The number of allylic oxidation sites excluding steroid dienone is 1. The van der Waals surface area contributed by atoms with Gasteiger partial charge in [0, 0.05) is 18.8 Å². The highest BCUT2D eigenvalue weighted by Gasteiger charge is 2.23. The van der Waals surface area contributed by atoms with Crippen molar-refractivity contribution in [3.63, 3.8) is 0 Å². The molecule has 2 aromatic carbocycles. The second-order valence-corrected chi connectivity index (χ2v) is 7.83. The molecule has 2 aromatic rings. The average molecular weight is 453 g/mol. The van der Waals surface area contributed by atoms with Crippen molar-refractivity contribution in [2.45, 2.75) is 11.8 Å². The summed E-state index contributed by atoms with van der Waals surface area (Å²) in [4.78, 5) is 27.8. The average Bonchev–Trinajstić information content (AvgIpc) is 2.65. The zero-order valence-corrected chi connectivity index (χ0v) is 17.2. The number of nitrogens with one attached hydrogen (secondary N) is 1. The van der Waals surface area contributed by atoms with E-state index in [1.807, 2.05) is 0 Å². The Morgan fingerprint density at radius 1 is 1.17 bits per heavy atom. The number of carbonyl (C=O) groups is 2. The van der Waals surface area contributed by atoms with E-state index in [0.29, 0.717) is 22.3 Å². The predicted molar refractivity (Wildman–Crippen MR) is 113 cm³/mol. The number of carbonyl (C=O) groups excluding carboxylic acids is 2. The van der Waals surface area contributed by atoms with Crippen LogP contribution < -0.4 is 21.9 Å². The van der Waals surface area contributed by atoms with E-state index in [-0.39, 0.29) is 15.8 Å². The van der Waals surface area contributed by atoms with Crippen LogP contribution in [0.2, 0.25) is 0 Å². The fraction of sp³-hybridized carbons (Fsp3) is 0.0556. The summed E-state index contributed by atoms with van der Waals surface area (Å²) in [6, 6.07) is 7.61. The normalized spacial score (nSPS) is 13.1. The van der Waals surface area contributed by atoms with E-state index in [4.69, 9.17) is 16.6 Å². The summed E-state index contributed by atoms with van der Waals surface area (Å²) in [6.45, 7) is 1.17. The van der Waals surface area contributed by atoms with Crippen LogP contribution in [0.1, 0.15) is 17.3 Å². The quantitative estimate of drug-likeness (QED) is 0.228. The number of benzene rings is 2. The molecule has 0 aliphatic rings. The summed E-state index contributed by atoms with van der Waals surface area (Å²) in [7, 11) is -1.65. The zero-order valence-electron chi connectivity index (χ0n) is 15.5. The molecule has 0 radical (unpaired) electrons. The highest BCUT2D eigenvalue weighted by atomic mass is 32.2. The number of ketones is 1. The lowest BCUT2D eigenvalue weighted by atomic mass is 10.1. The Hall–Kier alpha value is -3.09. The third kappa shape index (κ3) is 5.95. The smallest absolute Gasteiger partial charge is 0.221 e. The lowest BCUT2D eigenvalue weighted by Gasteiger charge is -2.10. The highest BCUT2D eigenvalue weighted by Crippen LogP contribution is 2.27. The maximum absolute atomic E-state index is 14.3. The van der Waals surface area contributed by atoms with Crippen molar-refractivity contribution in [2.75, 3.05) is 5.32 Å². The molecule has 2 rings (SSSR count). The fourth-order valence-electron chi connectivity index (χ4n) is 2.26. The van der Waals surface area contributed by atoms with Crippen molar-refractivity contribution in [3.8, 4) is 0 Å². The van der Waals surface area contributed by atoms with Crippen molar-refractivity contribution in [1.29, 1.82) is 0 Å². The molecule has 0 aliphatic carbocycles. The number of nitrogens with two attached hydrogens (primary N) is 3. The van der Waals surface area contributed by atoms with Gasteiger partial charge in [-0.2, -0.15) is 0 Å². The number of hydrogen-bond donors (Lipinski definition) is 4. The van der Waals surface area contributed by atoms with Gasteiger partial charge < -0.3 is 16.8 Å². The van der Waals surface area contributed by atoms with Crippen molar-refractivity contribution in [2.24, 2.45) is 21.6 Å².